The molecule has 5 nitrogen and oxygen atoms in total. The van der Waals surface area contributed by atoms with E-state index in [4.69, 9.17) is 20.3 Å². The van der Waals surface area contributed by atoms with Crippen LogP contribution in [0.15, 0.2) is 36.4 Å². The normalized spacial score (nSPS) is 21.6. The monoisotopic (exact) mass is 465 g/mol. The molecule has 0 amide bonds. The lowest BCUT2D eigenvalue weighted by Crippen LogP contribution is -2.37. The van der Waals surface area contributed by atoms with E-state index in [0.717, 1.165) is 22.6 Å². The zero-order chi connectivity index (χ0) is 22.5. The minimum atomic E-state index is -4.00. The Morgan fingerprint density at radius 2 is 1.74 bits per heavy atom. The molecule has 1 unspecified atom stereocenters. The molecule has 1 aromatic carbocycles. The highest BCUT2D eigenvalue weighted by Gasteiger charge is 2.37. The molecular weight excluding hydrogens is 429 g/mol. The summed E-state index contributed by atoms with van der Waals surface area (Å²) in [5, 5.41) is 0. The highest BCUT2D eigenvalue weighted by Crippen LogP contribution is 2.49. The predicted molar refractivity (Wildman–Crippen MR) is 129 cm³/mol. The molecule has 0 spiro atoms. The van der Waals surface area contributed by atoms with Gasteiger partial charge in [0, 0.05) is 20.9 Å². The van der Waals surface area contributed by atoms with Crippen LogP contribution < -0.4 is 10.5 Å². The van der Waals surface area contributed by atoms with Crippen LogP contribution in [0, 0.1) is 11.8 Å². The van der Waals surface area contributed by atoms with E-state index < -0.39 is 13.1 Å². The Labute approximate surface area is 190 Å². The van der Waals surface area contributed by atoms with Gasteiger partial charge in [-0.25, -0.2) is 0 Å². The Kier molecular flexibility index (Phi) is 8.39. The number of aryl methyl sites for hydroxylation is 1. The first-order chi connectivity index (χ1) is 14.7. The van der Waals surface area contributed by atoms with Gasteiger partial charge in [-0.05, 0) is 94.9 Å². The van der Waals surface area contributed by atoms with Gasteiger partial charge in [-0.3, -0.25) is 4.57 Å². The molecule has 1 heterocycles. The van der Waals surface area contributed by atoms with Crippen LogP contribution in [0.2, 0.25) is 0 Å². The van der Waals surface area contributed by atoms with Gasteiger partial charge in [0.05, 0.1) is 12.8 Å². The second kappa shape index (κ2) is 10.6. The van der Waals surface area contributed by atoms with Crippen molar-refractivity contribution >= 4 is 18.9 Å². The van der Waals surface area contributed by atoms with E-state index in [9.17, 15) is 4.57 Å². The number of hydrogen-bond donors (Lipinski definition) is 3. The molecule has 4 rings (SSSR count). The molecule has 2 fully saturated rings. The molecule has 0 radical (unpaired) electrons. The lowest BCUT2D eigenvalue weighted by Gasteiger charge is -2.46. The molecule has 1 atom stereocenters. The van der Waals surface area contributed by atoms with Gasteiger partial charge < -0.3 is 20.3 Å². The molecule has 31 heavy (non-hydrogen) atoms. The smallest absolute Gasteiger partial charge is 0.325 e. The third kappa shape index (κ3) is 7.44. The second-order valence-corrected chi connectivity index (χ2v) is 12.1. The standard InChI is InChI=1S/C18H26NO4PS.C6H10/c1-3-23-16-7-5-4-6-15(16)17-9-8-14(25-17)10-11-18(2,19)12-13-24(20,21)22;1-2-6-4-3-5(1)6/h4-9H,3,10-13,19H2,1-2H3,(H2,20,21,22);5-6H,1-4H2. The predicted octanol–water partition coefficient (Wildman–Crippen LogP) is 5.84. The second-order valence-electron chi connectivity index (χ2n) is 9.16. The summed E-state index contributed by atoms with van der Waals surface area (Å²) in [6.07, 6.45) is 7.85. The van der Waals surface area contributed by atoms with E-state index in [2.05, 4.69) is 12.1 Å². The number of nitrogens with two attached hydrogens (primary N) is 1. The number of fused-ring (bicyclic) bond motifs is 1. The van der Waals surface area contributed by atoms with E-state index in [0.29, 0.717) is 19.4 Å². The summed E-state index contributed by atoms with van der Waals surface area (Å²) in [5.41, 5.74) is 6.69. The summed E-state index contributed by atoms with van der Waals surface area (Å²) in [4.78, 5) is 20.4. The van der Waals surface area contributed by atoms with Crippen LogP contribution in [0.25, 0.3) is 10.4 Å². The van der Waals surface area contributed by atoms with E-state index in [1.165, 1.54) is 16.7 Å². The van der Waals surface area contributed by atoms with Crippen molar-refractivity contribution in [3.63, 3.8) is 0 Å². The molecule has 7 heteroatoms. The van der Waals surface area contributed by atoms with Crippen LogP contribution in [0.4, 0.5) is 0 Å². The van der Waals surface area contributed by atoms with Gasteiger partial charge in [0.1, 0.15) is 5.75 Å². The van der Waals surface area contributed by atoms with Gasteiger partial charge in [0.2, 0.25) is 0 Å². The fraction of sp³-hybridized carbons (Fsp3) is 0.583. The minimum absolute atomic E-state index is 0.169. The van der Waals surface area contributed by atoms with Gasteiger partial charge in [-0.15, -0.1) is 11.3 Å². The molecule has 0 bridgehead atoms. The zero-order valence-electron chi connectivity index (χ0n) is 18.6. The number of ether oxygens (including phenoxy) is 1. The van der Waals surface area contributed by atoms with Crippen LogP contribution in [0.1, 0.15) is 57.2 Å². The highest BCUT2D eigenvalue weighted by atomic mass is 32.1. The van der Waals surface area contributed by atoms with Crippen LogP contribution in [0.3, 0.4) is 0 Å². The molecule has 2 aromatic rings. The summed E-state index contributed by atoms with van der Waals surface area (Å²) in [5.74, 6) is 3.30. The molecule has 0 saturated heterocycles. The summed E-state index contributed by atoms with van der Waals surface area (Å²) in [6, 6.07) is 12.1. The Morgan fingerprint density at radius 1 is 1.10 bits per heavy atom. The number of thiophene rings is 1. The fourth-order valence-electron chi connectivity index (χ4n) is 4.11. The summed E-state index contributed by atoms with van der Waals surface area (Å²) < 4.78 is 16.7. The lowest BCUT2D eigenvalue weighted by atomic mass is 9.60. The van der Waals surface area contributed by atoms with E-state index in [-0.39, 0.29) is 6.16 Å². The van der Waals surface area contributed by atoms with Crippen LogP contribution in [-0.4, -0.2) is 28.1 Å². The van der Waals surface area contributed by atoms with Crippen molar-refractivity contribution < 1.29 is 19.1 Å². The topological polar surface area (TPSA) is 92.8 Å². The maximum atomic E-state index is 11.0. The van der Waals surface area contributed by atoms with Gasteiger partial charge >= 0.3 is 7.60 Å². The van der Waals surface area contributed by atoms with Crippen molar-refractivity contribution in [2.45, 2.75) is 64.3 Å². The molecule has 2 saturated carbocycles. The summed E-state index contributed by atoms with van der Waals surface area (Å²) in [7, 11) is -4.00. The van der Waals surface area contributed by atoms with E-state index in [1.807, 2.05) is 38.1 Å². The van der Waals surface area contributed by atoms with Crippen molar-refractivity contribution in [2.75, 3.05) is 12.8 Å². The van der Waals surface area contributed by atoms with Crippen molar-refractivity contribution in [1.29, 1.82) is 0 Å². The SMILES string of the molecule is C1CC2CCC12.CCOc1ccccc1-c1ccc(CCC(C)(N)CCP(=O)(O)O)s1. The average Bonchev–Trinajstić information content (AvgIpc) is 3.17. The van der Waals surface area contributed by atoms with Crippen LogP contribution >= 0.6 is 18.9 Å². The number of hydrogen-bond acceptors (Lipinski definition) is 4. The number of benzene rings is 1. The zero-order valence-corrected chi connectivity index (χ0v) is 20.3. The Balaban J connectivity index is 0.000000381. The minimum Gasteiger partial charge on any atom is -0.493 e. The molecule has 1 aromatic heterocycles. The quantitative estimate of drug-likeness (QED) is 0.405. The molecular formula is C24H36NO4PS. The largest absolute Gasteiger partial charge is 0.493 e. The van der Waals surface area contributed by atoms with Crippen LogP contribution in [0.5, 0.6) is 5.75 Å². The van der Waals surface area contributed by atoms with Gasteiger partial charge in [0.25, 0.3) is 0 Å². The third-order valence-electron chi connectivity index (χ3n) is 6.51. The first-order valence-electron chi connectivity index (χ1n) is 11.3. The van der Waals surface area contributed by atoms with Gasteiger partial charge in [-0.1, -0.05) is 12.1 Å². The third-order valence-corrected chi connectivity index (χ3v) is 8.50. The first-order valence-corrected chi connectivity index (χ1v) is 13.9. The average molecular weight is 466 g/mol. The number of para-hydroxylation sites is 1. The van der Waals surface area contributed by atoms with Gasteiger partial charge in [0.15, 0.2) is 0 Å². The van der Waals surface area contributed by atoms with Crippen LogP contribution in [-0.2, 0) is 11.0 Å². The molecule has 172 valence electrons. The van der Waals surface area contributed by atoms with Crippen molar-refractivity contribution in [3.05, 3.63) is 41.3 Å². The van der Waals surface area contributed by atoms with Crippen molar-refractivity contribution in [1.82, 2.24) is 0 Å². The molecule has 2 aliphatic carbocycles. The fourth-order valence-corrected chi connectivity index (χ4v) is 5.95. The van der Waals surface area contributed by atoms with Crippen molar-refractivity contribution in [2.24, 2.45) is 17.6 Å². The maximum Gasteiger partial charge on any atom is 0.325 e. The first kappa shape index (κ1) is 24.5. The molecule has 4 N–H and O–H groups in total. The summed E-state index contributed by atoms with van der Waals surface area (Å²) >= 11 is 1.70. The summed E-state index contributed by atoms with van der Waals surface area (Å²) in [6.45, 7) is 4.44. The van der Waals surface area contributed by atoms with E-state index in [1.54, 1.807) is 37.0 Å². The number of rotatable bonds is 9. The Morgan fingerprint density at radius 3 is 2.29 bits per heavy atom. The lowest BCUT2D eigenvalue weighted by molar-refractivity contribution is 0.0548. The van der Waals surface area contributed by atoms with Crippen molar-refractivity contribution in [3.8, 4) is 16.2 Å². The maximum absolute atomic E-state index is 11.0. The highest BCUT2D eigenvalue weighted by molar-refractivity contribution is 7.51. The molecule has 0 aliphatic heterocycles. The Hall–Kier alpha value is -1.17. The molecule has 2 aliphatic rings. The van der Waals surface area contributed by atoms with E-state index >= 15 is 0 Å². The Bertz CT molecular complexity index is 873. The van der Waals surface area contributed by atoms with Gasteiger partial charge in [-0.2, -0.15) is 0 Å².